The van der Waals surface area contributed by atoms with Gasteiger partial charge in [0.2, 0.25) is 0 Å². The molecule has 5 aromatic rings. The lowest BCUT2D eigenvalue weighted by atomic mass is 9.91. The Balaban J connectivity index is 1.14. The second kappa shape index (κ2) is 12.8. The molecule has 0 unspecified atom stereocenters. The number of nitrogens with zero attached hydrogens (tertiary/aromatic N) is 4. The molecule has 6 rings (SSSR count). The number of aliphatic hydroxyl groups is 1. The first kappa shape index (κ1) is 28.0. The second-order valence-corrected chi connectivity index (χ2v) is 11.1. The molecule has 2 aromatic heterocycles. The highest BCUT2D eigenvalue weighted by Gasteiger charge is 2.38. The lowest BCUT2D eigenvalue weighted by Crippen LogP contribution is -2.38. The molecule has 0 saturated carbocycles. The Kier molecular flexibility index (Phi) is 8.52. The van der Waals surface area contributed by atoms with Gasteiger partial charge in [-0.15, -0.1) is 0 Å². The number of rotatable bonds is 9. The predicted octanol–water partition coefficient (Wildman–Crippen LogP) is 4.75. The molecule has 0 spiro atoms. The summed E-state index contributed by atoms with van der Waals surface area (Å²) in [5.41, 5.74) is 5.38. The number of carbonyl (C=O) groups is 1. The zero-order valence-electron chi connectivity index (χ0n) is 22.9. The van der Waals surface area contributed by atoms with Gasteiger partial charge in [0.15, 0.2) is 11.4 Å². The maximum atomic E-state index is 12.7. The Hall–Kier alpha value is -4.16. The van der Waals surface area contributed by atoms with Gasteiger partial charge in [0.05, 0.1) is 36.0 Å². The number of aliphatic hydroxyl groups excluding tert-OH is 1. The standard InChI is InChI=1S/C31H30N6O4S/c1-19-27(17-42-31-34-18-35-37-31)40-30(41-28(19)22-10-8-21(16-38)9-11-22)23-12-6-20(7-13-23)14-33-29(39)26-15-32-24-4-2-3-5-25(24)36-26/h2-13,15,18-19,27-28,30,38H,14,16-17H2,1H3,(H,33,39)(H,34,35,37)/t19-,27+,28+,30+/m1/s1. The fraction of sp³-hybridized carbons (Fsp3) is 0.258. The van der Waals surface area contributed by atoms with Crippen LogP contribution in [0.3, 0.4) is 0 Å². The average Bonchev–Trinajstić information content (AvgIpc) is 3.57. The predicted molar refractivity (Wildman–Crippen MR) is 157 cm³/mol. The molecule has 3 aromatic carbocycles. The molecule has 0 aliphatic carbocycles. The summed E-state index contributed by atoms with van der Waals surface area (Å²) in [5, 5.41) is 20.0. The van der Waals surface area contributed by atoms with Crippen molar-refractivity contribution in [3.05, 3.63) is 113 Å². The first-order chi connectivity index (χ1) is 20.6. The summed E-state index contributed by atoms with van der Waals surface area (Å²) in [5.74, 6) is 0.445. The van der Waals surface area contributed by atoms with Crippen LogP contribution in [-0.2, 0) is 22.6 Å². The molecule has 3 heterocycles. The van der Waals surface area contributed by atoms with Gasteiger partial charge in [0.1, 0.15) is 12.0 Å². The highest BCUT2D eigenvalue weighted by molar-refractivity contribution is 7.99. The molecule has 3 N–H and O–H groups in total. The number of hydrogen-bond donors (Lipinski definition) is 3. The molecule has 214 valence electrons. The second-order valence-electron chi connectivity index (χ2n) is 10.1. The molecule has 1 aliphatic rings. The molecule has 11 heteroatoms. The van der Waals surface area contributed by atoms with Gasteiger partial charge in [-0.2, -0.15) is 5.10 Å². The SMILES string of the molecule is C[C@@H]1[C@H](CSc2ncn[nH]2)O[C@H](c2ccc(CNC(=O)c3cnc4ccccc4n3)cc2)O[C@@H]1c1ccc(CO)cc1. The van der Waals surface area contributed by atoms with E-state index in [1.807, 2.05) is 72.8 Å². The highest BCUT2D eigenvalue weighted by Crippen LogP contribution is 2.42. The molecular formula is C31H30N6O4S. The maximum Gasteiger partial charge on any atom is 0.271 e. The van der Waals surface area contributed by atoms with Gasteiger partial charge in [0.25, 0.3) is 5.91 Å². The topological polar surface area (TPSA) is 135 Å². The molecule has 1 aliphatic heterocycles. The number of fused-ring (bicyclic) bond motifs is 1. The molecule has 42 heavy (non-hydrogen) atoms. The number of benzene rings is 3. The van der Waals surface area contributed by atoms with Crippen molar-refractivity contribution in [1.82, 2.24) is 30.5 Å². The number of carbonyl (C=O) groups excluding carboxylic acids is 1. The number of hydrogen-bond acceptors (Lipinski definition) is 9. The molecule has 1 fully saturated rings. The molecule has 0 bridgehead atoms. The Bertz CT molecular complexity index is 1630. The first-order valence-electron chi connectivity index (χ1n) is 13.6. The quantitative estimate of drug-likeness (QED) is 0.210. The van der Waals surface area contributed by atoms with Crippen LogP contribution < -0.4 is 5.32 Å². The summed E-state index contributed by atoms with van der Waals surface area (Å²) in [6.07, 6.45) is 2.07. The van der Waals surface area contributed by atoms with Crippen molar-refractivity contribution in [3.8, 4) is 0 Å². The Morgan fingerprint density at radius 3 is 2.43 bits per heavy atom. The van der Waals surface area contributed by atoms with Crippen molar-refractivity contribution in [1.29, 1.82) is 0 Å². The first-order valence-corrected chi connectivity index (χ1v) is 14.6. The van der Waals surface area contributed by atoms with Crippen LogP contribution in [0.25, 0.3) is 11.0 Å². The molecule has 1 saturated heterocycles. The third-order valence-electron chi connectivity index (χ3n) is 7.29. The van der Waals surface area contributed by atoms with Crippen molar-refractivity contribution in [2.24, 2.45) is 5.92 Å². The van der Waals surface area contributed by atoms with Crippen LogP contribution in [0, 0.1) is 5.92 Å². The van der Waals surface area contributed by atoms with Gasteiger partial charge in [0, 0.05) is 23.8 Å². The lowest BCUT2D eigenvalue weighted by Gasteiger charge is -2.41. The number of amides is 1. The zero-order chi connectivity index (χ0) is 28.9. The van der Waals surface area contributed by atoms with Crippen molar-refractivity contribution >= 4 is 28.7 Å². The van der Waals surface area contributed by atoms with Gasteiger partial charge in [-0.05, 0) is 28.8 Å². The van der Waals surface area contributed by atoms with E-state index in [0.29, 0.717) is 17.8 Å². The van der Waals surface area contributed by atoms with E-state index in [0.717, 1.165) is 32.9 Å². The van der Waals surface area contributed by atoms with Crippen LogP contribution in [0.4, 0.5) is 0 Å². The molecule has 0 radical (unpaired) electrons. The third kappa shape index (κ3) is 6.34. The summed E-state index contributed by atoms with van der Waals surface area (Å²) >= 11 is 1.56. The van der Waals surface area contributed by atoms with Crippen LogP contribution in [0.1, 0.15) is 52.1 Å². The number of thioether (sulfide) groups is 1. The van der Waals surface area contributed by atoms with Crippen molar-refractivity contribution in [2.75, 3.05) is 5.75 Å². The van der Waals surface area contributed by atoms with Crippen LogP contribution in [0.15, 0.2) is 90.5 Å². The average molecular weight is 583 g/mol. The number of aromatic nitrogens is 5. The van der Waals surface area contributed by atoms with E-state index in [4.69, 9.17) is 9.47 Å². The Morgan fingerprint density at radius 1 is 0.952 bits per heavy atom. The minimum atomic E-state index is -0.583. The van der Waals surface area contributed by atoms with E-state index in [9.17, 15) is 9.90 Å². The minimum absolute atomic E-state index is 0.00793. The van der Waals surface area contributed by atoms with E-state index < -0.39 is 6.29 Å². The van der Waals surface area contributed by atoms with E-state index in [2.05, 4.69) is 37.4 Å². The smallest absolute Gasteiger partial charge is 0.271 e. The van der Waals surface area contributed by atoms with E-state index in [1.54, 1.807) is 11.8 Å². The molecular weight excluding hydrogens is 552 g/mol. The largest absolute Gasteiger partial charge is 0.392 e. The summed E-state index contributed by atoms with van der Waals surface area (Å²) in [7, 11) is 0. The van der Waals surface area contributed by atoms with Crippen LogP contribution in [0.2, 0.25) is 0 Å². The zero-order valence-corrected chi connectivity index (χ0v) is 23.7. The van der Waals surface area contributed by atoms with Crippen molar-refractivity contribution in [3.63, 3.8) is 0 Å². The maximum absolute atomic E-state index is 12.7. The Labute approximate surface area is 246 Å². The number of para-hydroxylation sites is 2. The van der Waals surface area contributed by atoms with E-state index >= 15 is 0 Å². The summed E-state index contributed by atoms with van der Waals surface area (Å²) in [6, 6.07) is 23.1. The Morgan fingerprint density at radius 2 is 1.69 bits per heavy atom. The van der Waals surface area contributed by atoms with E-state index in [1.165, 1.54) is 12.5 Å². The number of ether oxygens (including phenoxy) is 2. The van der Waals surface area contributed by atoms with Gasteiger partial charge >= 0.3 is 0 Å². The van der Waals surface area contributed by atoms with Crippen LogP contribution in [-0.4, -0.2) is 48.0 Å². The summed E-state index contributed by atoms with van der Waals surface area (Å²) in [4.78, 5) is 25.7. The van der Waals surface area contributed by atoms with Crippen molar-refractivity contribution in [2.45, 2.75) is 43.7 Å². The monoisotopic (exact) mass is 582 g/mol. The molecule has 4 atom stereocenters. The molecule has 10 nitrogen and oxygen atoms in total. The fourth-order valence-corrected chi connectivity index (χ4v) is 5.81. The number of nitrogens with one attached hydrogen (secondary N) is 2. The lowest BCUT2D eigenvalue weighted by molar-refractivity contribution is -0.268. The summed E-state index contributed by atoms with van der Waals surface area (Å²) in [6.45, 7) is 2.46. The van der Waals surface area contributed by atoms with Crippen LogP contribution in [0.5, 0.6) is 0 Å². The third-order valence-corrected chi connectivity index (χ3v) is 8.25. The van der Waals surface area contributed by atoms with Gasteiger partial charge in [-0.1, -0.05) is 79.3 Å². The molecule has 1 amide bonds. The highest BCUT2D eigenvalue weighted by atomic mass is 32.2. The number of H-pyrrole nitrogens is 1. The van der Waals surface area contributed by atoms with Crippen LogP contribution >= 0.6 is 11.8 Å². The van der Waals surface area contributed by atoms with E-state index in [-0.39, 0.29) is 36.3 Å². The fourth-order valence-electron chi connectivity index (χ4n) is 4.87. The number of aromatic amines is 1. The minimum Gasteiger partial charge on any atom is -0.392 e. The van der Waals surface area contributed by atoms with Gasteiger partial charge in [-0.3, -0.25) is 14.9 Å². The summed E-state index contributed by atoms with van der Waals surface area (Å²) < 4.78 is 13.0. The van der Waals surface area contributed by atoms with Gasteiger partial charge in [-0.25, -0.2) is 9.97 Å². The van der Waals surface area contributed by atoms with Gasteiger partial charge < -0.3 is 19.9 Å². The van der Waals surface area contributed by atoms with Crippen molar-refractivity contribution < 1.29 is 19.4 Å². The normalized spacial score (nSPS) is 20.4.